The Bertz CT molecular complexity index is 1240. The van der Waals surface area contributed by atoms with Crippen molar-refractivity contribution in [3.63, 3.8) is 0 Å². The smallest absolute Gasteiger partial charge is 0.175 e. The second-order valence-corrected chi connectivity index (χ2v) is 8.39. The van der Waals surface area contributed by atoms with Crippen LogP contribution in [0.2, 0.25) is 0 Å². The Morgan fingerprint density at radius 1 is 1.20 bits per heavy atom. The number of fused-ring (bicyclic) bond motifs is 2. The zero-order valence-corrected chi connectivity index (χ0v) is 17.9. The molecule has 0 aliphatic carbocycles. The molecule has 30 heavy (non-hydrogen) atoms. The predicted molar refractivity (Wildman–Crippen MR) is 123 cm³/mol. The largest absolute Gasteiger partial charge is 0.382 e. The van der Waals surface area contributed by atoms with Crippen molar-refractivity contribution in [1.29, 1.82) is 0 Å². The summed E-state index contributed by atoms with van der Waals surface area (Å²) >= 11 is 1.54. The lowest BCUT2D eigenvalue weighted by atomic mass is 10.1. The molecule has 2 heterocycles. The fourth-order valence-corrected chi connectivity index (χ4v) is 4.39. The van der Waals surface area contributed by atoms with Crippen LogP contribution < -0.4 is 11.1 Å². The zero-order valence-electron chi connectivity index (χ0n) is 17.1. The average molecular weight is 417 g/mol. The van der Waals surface area contributed by atoms with E-state index in [0.29, 0.717) is 17.4 Å². The SMILES string of the molecule is C#Cc1cc2ccccc2cc1Sc1nc2c(N)ncnc2n1CCCNC(C)C. The van der Waals surface area contributed by atoms with E-state index >= 15 is 0 Å². The maximum absolute atomic E-state index is 6.08. The van der Waals surface area contributed by atoms with Gasteiger partial charge in [0.25, 0.3) is 0 Å². The molecule has 4 aromatic rings. The van der Waals surface area contributed by atoms with Crippen LogP contribution in [0, 0.1) is 12.3 Å². The number of nitrogen functional groups attached to an aromatic ring is 1. The van der Waals surface area contributed by atoms with E-state index in [1.54, 1.807) is 11.8 Å². The molecular weight excluding hydrogens is 392 g/mol. The van der Waals surface area contributed by atoms with Gasteiger partial charge in [0.15, 0.2) is 22.1 Å². The molecule has 152 valence electrons. The Labute approximate surface area is 180 Å². The van der Waals surface area contributed by atoms with Gasteiger partial charge in [-0.05, 0) is 35.9 Å². The summed E-state index contributed by atoms with van der Waals surface area (Å²) in [6.45, 7) is 5.97. The molecule has 0 atom stereocenters. The predicted octanol–water partition coefficient (Wildman–Crippen LogP) is 4.08. The minimum absolute atomic E-state index is 0.386. The van der Waals surface area contributed by atoms with Crippen molar-refractivity contribution in [3.8, 4) is 12.3 Å². The summed E-state index contributed by atoms with van der Waals surface area (Å²) in [6, 6.07) is 12.8. The van der Waals surface area contributed by atoms with Crippen LogP contribution in [0.25, 0.3) is 21.9 Å². The van der Waals surface area contributed by atoms with Gasteiger partial charge >= 0.3 is 0 Å². The van der Waals surface area contributed by atoms with Gasteiger partial charge in [0, 0.05) is 23.0 Å². The summed E-state index contributed by atoms with van der Waals surface area (Å²) in [5, 5.41) is 6.53. The van der Waals surface area contributed by atoms with Gasteiger partial charge in [0.2, 0.25) is 0 Å². The third-order valence-electron chi connectivity index (χ3n) is 4.84. The average Bonchev–Trinajstić information content (AvgIpc) is 3.09. The van der Waals surface area contributed by atoms with Crippen molar-refractivity contribution >= 4 is 39.5 Å². The number of hydrogen-bond acceptors (Lipinski definition) is 6. The first-order chi connectivity index (χ1) is 14.6. The van der Waals surface area contributed by atoms with Crippen LogP contribution in [-0.2, 0) is 6.54 Å². The Hall–Kier alpha value is -3.08. The van der Waals surface area contributed by atoms with E-state index in [2.05, 4.69) is 57.8 Å². The lowest BCUT2D eigenvalue weighted by Crippen LogP contribution is -2.24. The Morgan fingerprint density at radius 2 is 1.97 bits per heavy atom. The fraction of sp³-hybridized carbons (Fsp3) is 0.261. The number of benzene rings is 2. The fourth-order valence-electron chi connectivity index (χ4n) is 3.36. The van der Waals surface area contributed by atoms with Crippen molar-refractivity contribution in [2.24, 2.45) is 0 Å². The number of aryl methyl sites for hydroxylation is 1. The summed E-state index contributed by atoms with van der Waals surface area (Å²) in [4.78, 5) is 14.3. The molecule has 3 N–H and O–H groups in total. The summed E-state index contributed by atoms with van der Waals surface area (Å²) in [5.41, 5.74) is 8.29. The zero-order chi connectivity index (χ0) is 21.1. The molecule has 2 aromatic carbocycles. The molecule has 6 nitrogen and oxygen atoms in total. The van der Waals surface area contributed by atoms with Gasteiger partial charge in [-0.15, -0.1) is 6.42 Å². The first kappa shape index (κ1) is 20.2. The molecule has 7 heteroatoms. The molecule has 0 aliphatic rings. The van der Waals surface area contributed by atoms with Crippen molar-refractivity contribution in [2.75, 3.05) is 12.3 Å². The third-order valence-corrected chi connectivity index (χ3v) is 5.89. The molecule has 4 rings (SSSR count). The van der Waals surface area contributed by atoms with E-state index in [-0.39, 0.29) is 0 Å². The normalized spacial score (nSPS) is 11.4. The van der Waals surface area contributed by atoms with Gasteiger partial charge in [-0.25, -0.2) is 15.0 Å². The second kappa shape index (κ2) is 8.74. The molecule has 0 saturated heterocycles. The summed E-state index contributed by atoms with van der Waals surface area (Å²) in [6.07, 6.45) is 8.25. The van der Waals surface area contributed by atoms with Crippen LogP contribution in [-0.4, -0.2) is 32.1 Å². The lowest BCUT2D eigenvalue weighted by Gasteiger charge is -2.12. The molecular formula is C23H24N6S. The van der Waals surface area contributed by atoms with Crippen molar-refractivity contribution in [3.05, 3.63) is 48.3 Å². The van der Waals surface area contributed by atoms with Gasteiger partial charge in [-0.3, -0.25) is 0 Å². The molecule has 0 amide bonds. The van der Waals surface area contributed by atoms with Crippen LogP contribution >= 0.6 is 11.8 Å². The molecule has 0 unspecified atom stereocenters. The maximum Gasteiger partial charge on any atom is 0.175 e. The molecule has 0 aliphatic heterocycles. The minimum atomic E-state index is 0.386. The van der Waals surface area contributed by atoms with Crippen LogP contribution in [0.5, 0.6) is 0 Å². The van der Waals surface area contributed by atoms with Gasteiger partial charge in [-0.2, -0.15) is 0 Å². The standard InChI is InChI=1S/C23H24N6S/c1-4-16-12-17-8-5-6-9-18(17)13-19(16)30-23-28-20-21(24)26-14-27-22(20)29(23)11-7-10-25-15(2)3/h1,5-6,8-9,12-15,25H,7,10-11H2,2-3H3,(H2,24,26,27). The van der Waals surface area contributed by atoms with Gasteiger partial charge < -0.3 is 15.6 Å². The van der Waals surface area contributed by atoms with Gasteiger partial charge in [0.1, 0.15) is 6.33 Å². The van der Waals surface area contributed by atoms with Gasteiger partial charge in [-0.1, -0.05) is 55.8 Å². The van der Waals surface area contributed by atoms with E-state index < -0.39 is 0 Å². The first-order valence-electron chi connectivity index (χ1n) is 9.94. The number of nitrogens with zero attached hydrogens (tertiary/aromatic N) is 4. The van der Waals surface area contributed by atoms with Crippen molar-refractivity contribution < 1.29 is 0 Å². The number of rotatable bonds is 7. The summed E-state index contributed by atoms with van der Waals surface area (Å²) in [5.74, 6) is 3.20. The van der Waals surface area contributed by atoms with Crippen LogP contribution in [0.1, 0.15) is 25.8 Å². The molecule has 0 bridgehead atoms. The van der Waals surface area contributed by atoms with Crippen molar-refractivity contribution in [2.45, 2.75) is 42.9 Å². The Kier molecular flexibility index (Phi) is 5.88. The van der Waals surface area contributed by atoms with Crippen molar-refractivity contribution in [1.82, 2.24) is 24.8 Å². The van der Waals surface area contributed by atoms with Crippen LogP contribution in [0.4, 0.5) is 5.82 Å². The highest BCUT2D eigenvalue weighted by Gasteiger charge is 2.17. The highest BCUT2D eigenvalue weighted by molar-refractivity contribution is 7.99. The first-order valence-corrected chi connectivity index (χ1v) is 10.8. The van der Waals surface area contributed by atoms with E-state index in [9.17, 15) is 0 Å². The van der Waals surface area contributed by atoms with E-state index in [4.69, 9.17) is 17.1 Å². The molecule has 0 saturated carbocycles. The molecule has 0 radical (unpaired) electrons. The topological polar surface area (TPSA) is 81.7 Å². The maximum atomic E-state index is 6.08. The summed E-state index contributed by atoms with van der Waals surface area (Å²) in [7, 11) is 0. The second-order valence-electron chi connectivity index (χ2n) is 7.38. The Morgan fingerprint density at radius 3 is 2.70 bits per heavy atom. The van der Waals surface area contributed by atoms with E-state index in [1.165, 1.54) is 6.33 Å². The molecule has 0 spiro atoms. The highest BCUT2D eigenvalue weighted by atomic mass is 32.2. The number of hydrogen-bond donors (Lipinski definition) is 2. The number of terminal acetylenes is 1. The van der Waals surface area contributed by atoms with E-state index in [0.717, 1.165) is 51.5 Å². The number of aromatic nitrogens is 4. The van der Waals surface area contributed by atoms with Crippen LogP contribution in [0.15, 0.2) is 52.8 Å². The number of nitrogens with one attached hydrogen (secondary N) is 1. The number of anilines is 1. The lowest BCUT2D eigenvalue weighted by molar-refractivity contribution is 0.525. The third kappa shape index (κ3) is 4.11. The van der Waals surface area contributed by atoms with E-state index in [1.807, 2.05) is 18.2 Å². The number of nitrogens with two attached hydrogens (primary N) is 1. The van der Waals surface area contributed by atoms with Gasteiger partial charge in [0.05, 0.1) is 0 Å². The quantitative estimate of drug-likeness (QED) is 0.349. The minimum Gasteiger partial charge on any atom is -0.382 e. The molecule has 0 fully saturated rings. The highest BCUT2D eigenvalue weighted by Crippen LogP contribution is 2.35. The number of imidazole rings is 1. The molecule has 2 aromatic heterocycles. The Balaban J connectivity index is 1.73. The monoisotopic (exact) mass is 416 g/mol. The van der Waals surface area contributed by atoms with Crippen LogP contribution in [0.3, 0.4) is 0 Å². The summed E-state index contributed by atoms with van der Waals surface area (Å²) < 4.78 is 2.11.